The van der Waals surface area contributed by atoms with Crippen LogP contribution < -0.4 is 11.5 Å². The number of aliphatic hydroxyl groups excluding tert-OH is 4. The van der Waals surface area contributed by atoms with Gasteiger partial charge in [-0.25, -0.2) is 41.2 Å². The highest BCUT2D eigenvalue weighted by Crippen LogP contribution is 2.45. The zero-order valence-electron chi connectivity index (χ0n) is 26.2. The number of fused-ring (bicyclic) bond motifs is 2. The van der Waals surface area contributed by atoms with Crippen molar-refractivity contribution in [3.8, 4) is 0 Å². The average Bonchev–Trinajstić information content (AvgIpc) is 3.76. The molecule has 0 radical (unpaired) electrons. The second-order valence-electron chi connectivity index (χ2n) is 11.1. The average molecular weight is 776 g/mol. The van der Waals surface area contributed by atoms with Crippen molar-refractivity contribution in [1.29, 1.82) is 0 Å². The Hall–Kier alpha value is -2.80. The van der Waals surface area contributed by atoms with Gasteiger partial charge in [0.2, 0.25) is 15.0 Å². The van der Waals surface area contributed by atoms with Gasteiger partial charge in [0.25, 0.3) is 5.16 Å². The lowest BCUT2D eigenvalue weighted by Crippen LogP contribution is -2.39. The molecule has 49 heavy (non-hydrogen) atoms. The zero-order chi connectivity index (χ0) is 36.6. The number of nitrogens with two attached hydrogens (primary N) is 2. The molecule has 4 aromatic rings. The van der Waals surface area contributed by atoms with Gasteiger partial charge in [0, 0.05) is 6.26 Å². The van der Waals surface area contributed by atoms with Gasteiger partial charge in [-0.2, -0.15) is 4.98 Å². The third kappa shape index (κ3) is 7.34. The number of rotatable bonds is 6. The van der Waals surface area contributed by atoms with Gasteiger partial charge in [-0.05, 0) is 20.1 Å². The van der Waals surface area contributed by atoms with Gasteiger partial charge in [0.1, 0.15) is 36.6 Å². The van der Waals surface area contributed by atoms with Gasteiger partial charge >= 0.3 is 0 Å². The third-order valence-electron chi connectivity index (χ3n) is 7.71. The first kappa shape index (κ1) is 39.0. The molecular weight excluding hydrogens is 741 g/mol. The van der Waals surface area contributed by atoms with Crippen LogP contribution in [0.5, 0.6) is 0 Å². The largest absolute Gasteiger partial charge is 0.394 e. The molecule has 0 unspecified atom stereocenters. The van der Waals surface area contributed by atoms with Crippen LogP contribution in [-0.2, 0) is 19.3 Å². The molecule has 2 aliphatic rings. The van der Waals surface area contributed by atoms with Gasteiger partial charge in [0.15, 0.2) is 34.3 Å². The van der Waals surface area contributed by atoms with E-state index in [2.05, 4.69) is 30.1 Å². The number of imidazole rings is 2. The first-order valence-electron chi connectivity index (χ1n) is 14.0. The highest BCUT2D eigenvalue weighted by Gasteiger charge is 2.56. The second-order valence-corrected chi connectivity index (χ2v) is 14.6. The number of halogens is 4. The molecule has 24 heteroatoms. The van der Waals surface area contributed by atoms with E-state index in [9.17, 15) is 37.6 Å². The Balaban J connectivity index is 0.000000205. The quantitative estimate of drug-likeness (QED) is 0.111. The molecule has 0 aromatic carbocycles. The summed E-state index contributed by atoms with van der Waals surface area (Å²) in [6.45, 7) is 1.26. The van der Waals surface area contributed by atoms with E-state index >= 15 is 0 Å². The topological polar surface area (TPSA) is 272 Å². The molecule has 18 nitrogen and oxygen atoms in total. The number of aliphatic hydroxyl groups is 4. The molecule has 6 rings (SSSR count). The van der Waals surface area contributed by atoms with E-state index in [-0.39, 0.29) is 34.0 Å². The Morgan fingerprint density at radius 1 is 0.898 bits per heavy atom. The molecule has 0 spiro atoms. The Morgan fingerprint density at radius 2 is 1.31 bits per heavy atom. The molecule has 8 atom stereocenters. The first-order valence-corrected chi connectivity index (χ1v) is 18.2. The fraction of sp³-hybridized carbons (Fsp3) is 0.600. The summed E-state index contributed by atoms with van der Waals surface area (Å²) in [4.78, 5) is 15.8. The van der Waals surface area contributed by atoms with Crippen LogP contribution in [0.3, 0.4) is 0 Å². The summed E-state index contributed by atoms with van der Waals surface area (Å²) < 4.78 is 66.3. The fourth-order valence-electron chi connectivity index (χ4n) is 5.21. The number of hydrogen-bond acceptors (Lipinski definition) is 17. The van der Waals surface area contributed by atoms with E-state index in [1.807, 2.05) is 0 Å². The van der Waals surface area contributed by atoms with Crippen LogP contribution in [0.2, 0.25) is 0 Å². The summed E-state index contributed by atoms with van der Waals surface area (Å²) in [5.41, 5.74) is 7.83. The van der Waals surface area contributed by atoms with Crippen molar-refractivity contribution in [2.75, 3.05) is 42.5 Å². The summed E-state index contributed by atoms with van der Waals surface area (Å²) in [7, 11) is -3.76. The Kier molecular flexibility index (Phi) is 11.8. The molecule has 0 aliphatic carbocycles. The minimum absolute atomic E-state index is 0.0266. The van der Waals surface area contributed by atoms with E-state index in [1.165, 1.54) is 35.6 Å². The van der Waals surface area contributed by atoms with Gasteiger partial charge in [0.05, 0.1) is 42.3 Å². The van der Waals surface area contributed by atoms with Crippen LogP contribution in [0, 0.1) is 0 Å². The number of aromatic nitrogens is 8. The monoisotopic (exact) mass is 774 g/mol. The number of thioether (sulfide) groups is 1. The van der Waals surface area contributed by atoms with E-state index in [0.717, 1.165) is 17.7 Å². The lowest BCUT2D eigenvalue weighted by Gasteiger charge is -2.23. The van der Waals surface area contributed by atoms with Crippen LogP contribution in [-0.4, -0.2) is 135 Å². The minimum atomic E-state index is -3.76. The highest BCUT2D eigenvalue weighted by molar-refractivity contribution is 7.98. The number of anilines is 2. The molecular formula is C25H34Cl2F2N10O8S2. The summed E-state index contributed by atoms with van der Waals surface area (Å²) >= 11 is 10.8. The number of nitrogens with zero attached hydrogens (tertiary/aromatic N) is 8. The Morgan fingerprint density at radius 3 is 1.67 bits per heavy atom. The summed E-state index contributed by atoms with van der Waals surface area (Å²) in [5, 5.41) is 46.4. The molecule has 2 saturated heterocycles. The number of sulfone groups is 1. The molecule has 4 aromatic heterocycles. The Bertz CT molecular complexity index is 1900. The standard InChI is InChI=1S/C12H16FN5O5S.C12H16FN5O3S.CH2Cl2/c1-12(13)7(20)6(4-19)23-8(12)5-3-15-10-9(14)16-11(17-18(5)10)24(2,21)22;1-12(13)7(20)6(4-19)21-8(12)5-3-15-10-9(14)16-11(22-2)17-18(5)10;2-1-3/h3,6-8,19-20H,4H2,1-2H3,(H2,14,16,17);3,6-8,19-20H,4H2,1-2H3,(H2,14,16,17);1H2/t2*6-,7-,8+,12-;/m11./s1. The van der Waals surface area contributed by atoms with Crippen molar-refractivity contribution in [1.82, 2.24) is 39.2 Å². The molecule has 0 amide bonds. The van der Waals surface area contributed by atoms with Crippen molar-refractivity contribution in [2.24, 2.45) is 0 Å². The molecule has 6 heterocycles. The van der Waals surface area contributed by atoms with Crippen molar-refractivity contribution in [3.63, 3.8) is 0 Å². The lowest BCUT2D eigenvalue weighted by molar-refractivity contribution is -0.0249. The predicted octanol–water partition coefficient (Wildman–Crippen LogP) is 0.00250. The molecule has 8 N–H and O–H groups in total. The lowest BCUT2D eigenvalue weighted by atomic mass is 9.93. The predicted molar refractivity (Wildman–Crippen MR) is 172 cm³/mol. The second kappa shape index (κ2) is 14.8. The maximum absolute atomic E-state index is 14.9. The molecule has 0 saturated carbocycles. The summed E-state index contributed by atoms with van der Waals surface area (Å²) in [6, 6.07) is 0. The SMILES string of the molecule is CSc1nc(N)c2ncc([C@@H]3O[C@H](CO)[C@@H](O)[C@@]3(C)F)n2n1.C[C@@]1(F)[C@H](O)[C@@H](CO)O[C@H]1c1cnc2c(N)nc(S(C)(=O)=O)nn12.ClCCl. The third-order valence-corrected chi connectivity index (χ3v) is 9.08. The van der Waals surface area contributed by atoms with Crippen molar-refractivity contribution < 1.29 is 47.1 Å². The molecule has 0 bridgehead atoms. The zero-order valence-corrected chi connectivity index (χ0v) is 29.4. The number of alkyl halides is 4. The van der Waals surface area contributed by atoms with Crippen LogP contribution in [0.25, 0.3) is 11.3 Å². The van der Waals surface area contributed by atoms with E-state index in [0.29, 0.717) is 10.9 Å². The van der Waals surface area contributed by atoms with Crippen LogP contribution >= 0.6 is 35.0 Å². The highest BCUT2D eigenvalue weighted by atomic mass is 35.5. The van der Waals surface area contributed by atoms with E-state index in [1.54, 1.807) is 6.26 Å². The van der Waals surface area contributed by atoms with E-state index < -0.39 is 76.2 Å². The maximum Gasteiger partial charge on any atom is 0.267 e. The summed E-state index contributed by atoms with van der Waals surface area (Å²) in [6.07, 6.45) is -2.34. The van der Waals surface area contributed by atoms with Crippen LogP contribution in [0.1, 0.15) is 37.4 Å². The van der Waals surface area contributed by atoms with Crippen molar-refractivity contribution in [2.45, 2.75) is 72.1 Å². The number of hydrogen-bond donors (Lipinski definition) is 6. The molecule has 2 aliphatic heterocycles. The van der Waals surface area contributed by atoms with Crippen molar-refractivity contribution >= 4 is 67.7 Å². The number of nitrogen functional groups attached to an aromatic ring is 2. The number of ether oxygens (including phenoxy) is 2. The van der Waals surface area contributed by atoms with Crippen LogP contribution in [0.15, 0.2) is 22.7 Å². The summed E-state index contributed by atoms with van der Waals surface area (Å²) in [5.74, 6) is -0.0297. The minimum Gasteiger partial charge on any atom is -0.394 e. The maximum atomic E-state index is 14.9. The van der Waals surface area contributed by atoms with Gasteiger partial charge in [-0.3, -0.25) is 0 Å². The molecule has 272 valence electrons. The molecule has 2 fully saturated rings. The van der Waals surface area contributed by atoms with Gasteiger partial charge in [-0.15, -0.1) is 33.4 Å². The van der Waals surface area contributed by atoms with Crippen molar-refractivity contribution in [3.05, 3.63) is 23.8 Å². The van der Waals surface area contributed by atoms with Gasteiger partial charge < -0.3 is 41.4 Å². The normalized spacial score (nSPS) is 29.9. The fourth-order valence-corrected chi connectivity index (χ4v) is 6.05. The van der Waals surface area contributed by atoms with Gasteiger partial charge in [-0.1, -0.05) is 11.8 Å². The smallest absolute Gasteiger partial charge is 0.267 e. The van der Waals surface area contributed by atoms with Crippen LogP contribution in [0.4, 0.5) is 20.4 Å². The van der Waals surface area contributed by atoms with E-state index in [4.69, 9.17) is 44.1 Å². The Labute approximate surface area is 291 Å². The first-order chi connectivity index (χ1) is 22.9.